The van der Waals surface area contributed by atoms with Gasteiger partial charge in [-0.15, -0.1) is 0 Å². The van der Waals surface area contributed by atoms with Crippen LogP contribution < -0.4 is 19.7 Å². The normalized spacial score (nSPS) is 10.2. The van der Waals surface area contributed by atoms with E-state index in [4.69, 9.17) is 9.47 Å². The summed E-state index contributed by atoms with van der Waals surface area (Å²) < 4.78 is 10.5. The summed E-state index contributed by atoms with van der Waals surface area (Å²) in [4.78, 5) is 18.9. The number of unbranched alkanes of at least 4 members (excludes halogenated alkanes) is 1. The van der Waals surface area contributed by atoms with Crippen molar-refractivity contribution in [3.8, 4) is 11.5 Å². The first kappa shape index (κ1) is 18.6. The van der Waals surface area contributed by atoms with Crippen LogP contribution in [0.5, 0.6) is 11.5 Å². The summed E-state index contributed by atoms with van der Waals surface area (Å²) in [7, 11) is 5.11. The van der Waals surface area contributed by atoms with Gasteiger partial charge in [0.2, 0.25) is 0 Å². The fourth-order valence-corrected chi connectivity index (χ4v) is 2.40. The third-order valence-corrected chi connectivity index (χ3v) is 3.89. The van der Waals surface area contributed by atoms with Gasteiger partial charge in [-0.3, -0.25) is 4.79 Å². The van der Waals surface area contributed by atoms with Crippen molar-refractivity contribution < 1.29 is 14.3 Å². The molecular weight excluding hydrogens is 318 g/mol. The lowest BCUT2D eigenvalue weighted by atomic mass is 10.2. The van der Waals surface area contributed by atoms with Crippen LogP contribution in [0.25, 0.3) is 0 Å². The molecule has 0 fully saturated rings. The Labute approximate surface area is 148 Å². The Morgan fingerprint density at radius 1 is 1.16 bits per heavy atom. The maximum atomic E-state index is 12.5. The van der Waals surface area contributed by atoms with Crippen LogP contribution in [0, 0.1) is 0 Å². The summed E-state index contributed by atoms with van der Waals surface area (Å²) >= 11 is 0. The Bertz CT molecular complexity index is 719. The molecule has 0 aliphatic carbocycles. The molecule has 0 unspecified atom stereocenters. The molecule has 0 aliphatic rings. The number of aromatic nitrogens is 1. The molecule has 0 bridgehead atoms. The minimum Gasteiger partial charge on any atom is -0.493 e. The fourth-order valence-electron chi connectivity index (χ4n) is 2.40. The minimum absolute atomic E-state index is 0.195. The van der Waals surface area contributed by atoms with Gasteiger partial charge in [0, 0.05) is 37.1 Å². The first-order valence-electron chi connectivity index (χ1n) is 8.29. The van der Waals surface area contributed by atoms with E-state index in [1.165, 1.54) is 0 Å². The summed E-state index contributed by atoms with van der Waals surface area (Å²) in [5, 5.41) is 2.87. The second-order valence-corrected chi connectivity index (χ2v) is 5.70. The van der Waals surface area contributed by atoms with Crippen molar-refractivity contribution in [3.05, 3.63) is 42.1 Å². The zero-order valence-electron chi connectivity index (χ0n) is 15.2. The molecule has 0 radical (unpaired) electrons. The zero-order chi connectivity index (χ0) is 18.2. The van der Waals surface area contributed by atoms with Gasteiger partial charge in [0.25, 0.3) is 5.91 Å². The number of benzene rings is 1. The zero-order valence-corrected chi connectivity index (χ0v) is 15.2. The van der Waals surface area contributed by atoms with Crippen molar-refractivity contribution in [2.24, 2.45) is 0 Å². The SMILES string of the molecule is CCCCN(C)c1cc(C(=O)Nc2ccc(OC)c(OC)c2)ccn1. The fraction of sp³-hybridized carbons (Fsp3) is 0.368. The first-order valence-corrected chi connectivity index (χ1v) is 8.29. The third kappa shape index (κ3) is 4.86. The van der Waals surface area contributed by atoms with Gasteiger partial charge in [-0.05, 0) is 30.7 Å². The van der Waals surface area contributed by atoms with Gasteiger partial charge >= 0.3 is 0 Å². The molecule has 6 heteroatoms. The molecule has 1 N–H and O–H groups in total. The van der Waals surface area contributed by atoms with Gasteiger partial charge in [0.1, 0.15) is 5.82 Å². The highest BCUT2D eigenvalue weighted by atomic mass is 16.5. The van der Waals surface area contributed by atoms with E-state index in [0.717, 1.165) is 25.2 Å². The predicted molar refractivity (Wildman–Crippen MR) is 99.9 cm³/mol. The third-order valence-electron chi connectivity index (χ3n) is 3.89. The van der Waals surface area contributed by atoms with Crippen LogP contribution in [-0.2, 0) is 0 Å². The topological polar surface area (TPSA) is 63.7 Å². The summed E-state index contributed by atoms with van der Waals surface area (Å²) in [6, 6.07) is 8.75. The molecule has 1 amide bonds. The van der Waals surface area contributed by atoms with E-state index in [-0.39, 0.29) is 5.91 Å². The number of methoxy groups -OCH3 is 2. The Balaban J connectivity index is 2.13. The van der Waals surface area contributed by atoms with E-state index in [1.54, 1.807) is 50.7 Å². The smallest absolute Gasteiger partial charge is 0.255 e. The van der Waals surface area contributed by atoms with Crippen LogP contribution >= 0.6 is 0 Å². The van der Waals surface area contributed by atoms with Crippen LogP contribution in [-0.4, -0.2) is 38.7 Å². The highest BCUT2D eigenvalue weighted by Gasteiger charge is 2.11. The molecule has 25 heavy (non-hydrogen) atoms. The molecule has 2 rings (SSSR count). The molecule has 2 aromatic rings. The van der Waals surface area contributed by atoms with Gasteiger partial charge in [0.05, 0.1) is 14.2 Å². The Hall–Kier alpha value is -2.76. The largest absolute Gasteiger partial charge is 0.493 e. The van der Waals surface area contributed by atoms with Gasteiger partial charge in [-0.25, -0.2) is 4.98 Å². The van der Waals surface area contributed by atoms with Gasteiger partial charge < -0.3 is 19.7 Å². The summed E-state index contributed by atoms with van der Waals surface area (Å²) in [5.74, 6) is 1.77. The van der Waals surface area contributed by atoms with E-state index in [2.05, 4.69) is 22.1 Å². The number of pyridine rings is 1. The van der Waals surface area contributed by atoms with Gasteiger partial charge in [-0.2, -0.15) is 0 Å². The number of nitrogens with zero attached hydrogens (tertiary/aromatic N) is 2. The molecule has 0 aliphatic heterocycles. The second-order valence-electron chi connectivity index (χ2n) is 5.70. The molecule has 6 nitrogen and oxygen atoms in total. The maximum absolute atomic E-state index is 12.5. The maximum Gasteiger partial charge on any atom is 0.255 e. The lowest BCUT2D eigenvalue weighted by Gasteiger charge is -2.18. The van der Waals surface area contributed by atoms with Crippen molar-refractivity contribution >= 4 is 17.4 Å². The highest BCUT2D eigenvalue weighted by Crippen LogP contribution is 2.30. The summed E-state index contributed by atoms with van der Waals surface area (Å²) in [6.07, 6.45) is 3.85. The van der Waals surface area contributed by atoms with Crippen molar-refractivity contribution in [3.63, 3.8) is 0 Å². The highest BCUT2D eigenvalue weighted by molar-refractivity contribution is 6.04. The first-order chi connectivity index (χ1) is 12.1. The van der Waals surface area contributed by atoms with Crippen LogP contribution in [0.15, 0.2) is 36.5 Å². The molecular formula is C19H25N3O3. The average molecular weight is 343 g/mol. The van der Waals surface area contributed by atoms with Crippen molar-refractivity contribution in [1.29, 1.82) is 0 Å². The number of amides is 1. The number of hydrogen-bond acceptors (Lipinski definition) is 5. The van der Waals surface area contributed by atoms with Crippen molar-refractivity contribution in [2.45, 2.75) is 19.8 Å². The quantitative estimate of drug-likeness (QED) is 0.793. The molecule has 1 aromatic carbocycles. The molecule has 0 atom stereocenters. The van der Waals surface area contributed by atoms with Crippen LogP contribution in [0.2, 0.25) is 0 Å². The number of carbonyl (C=O) groups excluding carboxylic acids is 1. The Morgan fingerprint density at radius 2 is 1.92 bits per heavy atom. The lowest BCUT2D eigenvalue weighted by molar-refractivity contribution is 0.102. The van der Waals surface area contributed by atoms with E-state index in [1.807, 2.05) is 7.05 Å². The molecule has 1 aromatic heterocycles. The lowest BCUT2D eigenvalue weighted by Crippen LogP contribution is -2.20. The Morgan fingerprint density at radius 3 is 2.60 bits per heavy atom. The van der Waals surface area contributed by atoms with Crippen LogP contribution in [0.1, 0.15) is 30.1 Å². The number of nitrogens with one attached hydrogen (secondary N) is 1. The van der Waals surface area contributed by atoms with Crippen LogP contribution in [0.4, 0.5) is 11.5 Å². The number of rotatable bonds is 8. The summed E-state index contributed by atoms with van der Waals surface area (Å²) in [6.45, 7) is 3.05. The standard InChI is InChI=1S/C19H25N3O3/c1-5-6-11-22(2)18-12-14(9-10-20-18)19(23)21-15-7-8-16(24-3)17(13-15)25-4/h7-10,12-13H,5-6,11H2,1-4H3,(H,21,23). The average Bonchev–Trinajstić information content (AvgIpc) is 2.65. The van der Waals surface area contributed by atoms with Crippen molar-refractivity contribution in [1.82, 2.24) is 4.98 Å². The molecule has 1 heterocycles. The second kappa shape index (κ2) is 8.92. The molecule has 0 saturated heterocycles. The molecule has 0 saturated carbocycles. The van der Waals surface area contributed by atoms with Gasteiger partial charge in [-0.1, -0.05) is 13.3 Å². The van der Waals surface area contributed by atoms with Gasteiger partial charge in [0.15, 0.2) is 11.5 Å². The minimum atomic E-state index is -0.195. The Kier molecular flexibility index (Phi) is 6.62. The summed E-state index contributed by atoms with van der Waals surface area (Å²) in [5.41, 5.74) is 1.20. The number of carbonyl (C=O) groups is 1. The number of anilines is 2. The molecule has 134 valence electrons. The molecule has 0 spiro atoms. The van der Waals surface area contributed by atoms with E-state index < -0.39 is 0 Å². The predicted octanol–water partition coefficient (Wildman–Crippen LogP) is 3.59. The van der Waals surface area contributed by atoms with E-state index >= 15 is 0 Å². The van der Waals surface area contributed by atoms with Crippen molar-refractivity contribution in [2.75, 3.05) is 38.0 Å². The number of ether oxygens (including phenoxy) is 2. The van der Waals surface area contributed by atoms with E-state index in [9.17, 15) is 4.79 Å². The monoisotopic (exact) mass is 343 g/mol. The van der Waals surface area contributed by atoms with E-state index in [0.29, 0.717) is 22.7 Å². The number of hydrogen-bond donors (Lipinski definition) is 1. The van der Waals surface area contributed by atoms with Crippen LogP contribution in [0.3, 0.4) is 0 Å².